The fraction of sp³-hybridized carbons (Fsp3) is 0.917. The first-order valence-electron chi connectivity index (χ1n) is 6.83. The van der Waals surface area contributed by atoms with Gasteiger partial charge in [0.05, 0.1) is 6.61 Å². The summed E-state index contributed by atoms with van der Waals surface area (Å²) < 4.78 is 4.99. The van der Waals surface area contributed by atoms with E-state index in [2.05, 4.69) is 0 Å². The number of carbonyl (C=O) groups is 1. The van der Waals surface area contributed by atoms with Crippen molar-refractivity contribution in [2.75, 3.05) is 6.61 Å². The molecule has 0 radical (unpaired) electrons. The van der Waals surface area contributed by atoms with Gasteiger partial charge in [-0.15, -0.1) is 0 Å². The molecule has 0 amide bonds. The summed E-state index contributed by atoms with van der Waals surface area (Å²) in [7, 11) is 0. The Morgan fingerprint density at radius 2 is 1.43 bits per heavy atom. The highest BCUT2D eigenvalue weighted by atomic mass is 16.6. The van der Waals surface area contributed by atoms with Crippen LogP contribution in [0.1, 0.15) is 0 Å². The SMILES string of the molecule is O=C[C@H](O)[C@@H](O)[C@@H](O)[C@H](O)C(O)[C@H]1O[C@H](CO)[C@H](O)[C@H](O)[C@H]1O. The molecule has 1 unspecified atom stereocenters. The maximum Gasteiger partial charge on any atom is 0.151 e. The molecule has 0 aromatic rings. The first kappa shape index (κ1) is 20.3. The number of hydrogen-bond acceptors (Lipinski definition) is 11. The van der Waals surface area contributed by atoms with Gasteiger partial charge in [0.15, 0.2) is 6.29 Å². The van der Waals surface area contributed by atoms with Gasteiger partial charge in [-0.05, 0) is 0 Å². The molecule has 1 saturated heterocycles. The second kappa shape index (κ2) is 8.39. The van der Waals surface area contributed by atoms with Crippen LogP contribution in [-0.2, 0) is 9.53 Å². The molecule has 0 aliphatic carbocycles. The third kappa shape index (κ3) is 4.22. The molecular formula is C12H22O11. The van der Waals surface area contributed by atoms with Gasteiger partial charge in [0.2, 0.25) is 0 Å². The predicted molar refractivity (Wildman–Crippen MR) is 69.9 cm³/mol. The molecule has 1 rings (SSSR count). The number of aliphatic hydroxyl groups excluding tert-OH is 9. The molecule has 11 nitrogen and oxygen atoms in total. The van der Waals surface area contributed by atoms with E-state index in [1.807, 2.05) is 0 Å². The van der Waals surface area contributed by atoms with Gasteiger partial charge in [-0.2, -0.15) is 0 Å². The van der Waals surface area contributed by atoms with E-state index >= 15 is 0 Å². The third-order valence-electron chi connectivity index (χ3n) is 3.80. The van der Waals surface area contributed by atoms with Crippen molar-refractivity contribution in [3.8, 4) is 0 Å². The number of rotatable bonds is 7. The second-order valence-electron chi connectivity index (χ2n) is 5.38. The zero-order chi connectivity index (χ0) is 17.9. The Kier molecular flexibility index (Phi) is 7.41. The average Bonchev–Trinajstić information content (AvgIpc) is 2.56. The molecule has 1 aliphatic rings. The number of aliphatic hydroxyl groups is 9. The van der Waals surface area contributed by atoms with Gasteiger partial charge in [0, 0.05) is 0 Å². The van der Waals surface area contributed by atoms with Crippen molar-refractivity contribution in [2.45, 2.75) is 61.0 Å². The van der Waals surface area contributed by atoms with E-state index in [1.165, 1.54) is 0 Å². The van der Waals surface area contributed by atoms with E-state index in [9.17, 15) is 40.5 Å². The summed E-state index contributed by atoms with van der Waals surface area (Å²) in [6.45, 7) is -0.765. The van der Waals surface area contributed by atoms with E-state index in [1.54, 1.807) is 0 Å². The lowest BCUT2D eigenvalue weighted by molar-refractivity contribution is -0.264. The minimum Gasteiger partial charge on any atom is -0.394 e. The minimum absolute atomic E-state index is 0.0964. The Balaban J connectivity index is 2.85. The van der Waals surface area contributed by atoms with Gasteiger partial charge in [-0.25, -0.2) is 0 Å². The third-order valence-corrected chi connectivity index (χ3v) is 3.80. The van der Waals surface area contributed by atoms with Crippen LogP contribution >= 0.6 is 0 Å². The van der Waals surface area contributed by atoms with E-state index in [0.717, 1.165) is 0 Å². The highest BCUT2D eigenvalue weighted by molar-refractivity contribution is 5.56. The van der Waals surface area contributed by atoms with Crippen LogP contribution in [0.15, 0.2) is 0 Å². The molecule has 136 valence electrons. The van der Waals surface area contributed by atoms with Crippen LogP contribution in [0.2, 0.25) is 0 Å². The summed E-state index contributed by atoms with van der Waals surface area (Å²) in [5.41, 5.74) is 0. The van der Waals surface area contributed by atoms with E-state index < -0.39 is 67.6 Å². The largest absolute Gasteiger partial charge is 0.394 e. The molecule has 1 heterocycles. The van der Waals surface area contributed by atoms with Crippen LogP contribution in [-0.4, -0.2) is 120 Å². The minimum atomic E-state index is -2.18. The van der Waals surface area contributed by atoms with E-state index in [0.29, 0.717) is 0 Å². The van der Waals surface area contributed by atoms with Crippen molar-refractivity contribution in [1.29, 1.82) is 0 Å². The smallest absolute Gasteiger partial charge is 0.151 e. The first-order chi connectivity index (χ1) is 10.7. The number of carbonyl (C=O) groups excluding carboxylic acids is 1. The van der Waals surface area contributed by atoms with E-state index in [4.69, 9.17) is 14.9 Å². The number of hydrogen-bond donors (Lipinski definition) is 9. The van der Waals surface area contributed by atoms with Gasteiger partial charge < -0.3 is 55.5 Å². The zero-order valence-corrected chi connectivity index (χ0v) is 11.9. The number of ether oxygens (including phenoxy) is 1. The van der Waals surface area contributed by atoms with Crippen molar-refractivity contribution in [2.24, 2.45) is 0 Å². The molecule has 0 spiro atoms. The molecule has 0 saturated carbocycles. The van der Waals surface area contributed by atoms with E-state index in [-0.39, 0.29) is 6.29 Å². The second-order valence-corrected chi connectivity index (χ2v) is 5.38. The summed E-state index contributed by atoms with van der Waals surface area (Å²) in [4.78, 5) is 10.3. The zero-order valence-electron chi connectivity index (χ0n) is 11.9. The van der Waals surface area contributed by atoms with Gasteiger partial charge in [0.1, 0.15) is 61.0 Å². The quantitative estimate of drug-likeness (QED) is 0.199. The summed E-state index contributed by atoms with van der Waals surface area (Å²) in [6, 6.07) is 0. The predicted octanol–water partition coefficient (Wildman–Crippen LogP) is -6.17. The lowest BCUT2D eigenvalue weighted by Crippen LogP contribution is -2.64. The summed E-state index contributed by atoms with van der Waals surface area (Å²) in [5.74, 6) is 0. The topological polar surface area (TPSA) is 208 Å². The highest BCUT2D eigenvalue weighted by Gasteiger charge is 2.49. The average molecular weight is 342 g/mol. The van der Waals surface area contributed by atoms with Crippen LogP contribution in [0.4, 0.5) is 0 Å². The molecule has 23 heavy (non-hydrogen) atoms. The van der Waals surface area contributed by atoms with Crippen molar-refractivity contribution >= 4 is 6.29 Å². The highest BCUT2D eigenvalue weighted by Crippen LogP contribution is 2.25. The van der Waals surface area contributed by atoms with Crippen LogP contribution in [0.5, 0.6) is 0 Å². The Labute approximate surface area is 130 Å². The molecular weight excluding hydrogens is 320 g/mol. The van der Waals surface area contributed by atoms with Crippen LogP contribution < -0.4 is 0 Å². The standard InChI is InChI=1S/C12H22O11/c13-1-3(15)5(16)7(18)9(20)11(22)12-10(21)8(19)6(17)4(2-14)23-12/h1,3-12,14-22H,2H2/t3-,4+,5+,6-,7+,8-,9-,10+,11?,12-/m0/s1. The summed E-state index contributed by atoms with van der Waals surface area (Å²) >= 11 is 0. The Morgan fingerprint density at radius 3 is 1.91 bits per heavy atom. The fourth-order valence-electron chi connectivity index (χ4n) is 2.29. The van der Waals surface area contributed by atoms with Crippen molar-refractivity contribution in [1.82, 2.24) is 0 Å². The normalized spacial score (nSPS) is 38.4. The van der Waals surface area contributed by atoms with Crippen LogP contribution in [0.3, 0.4) is 0 Å². The molecule has 9 N–H and O–H groups in total. The van der Waals surface area contributed by atoms with Gasteiger partial charge >= 0.3 is 0 Å². The molecule has 11 heteroatoms. The van der Waals surface area contributed by atoms with Gasteiger partial charge in [-0.1, -0.05) is 0 Å². The molecule has 1 aliphatic heterocycles. The lowest BCUT2D eigenvalue weighted by atomic mass is 9.88. The summed E-state index contributed by atoms with van der Waals surface area (Å²) in [5, 5.41) is 85.9. The monoisotopic (exact) mass is 342 g/mol. The molecule has 1 fully saturated rings. The number of aldehydes is 1. The van der Waals surface area contributed by atoms with Gasteiger partial charge in [-0.3, -0.25) is 0 Å². The Hall–Kier alpha value is -0.730. The summed E-state index contributed by atoms with van der Waals surface area (Å²) in [6.07, 6.45) is -19.1. The lowest BCUT2D eigenvalue weighted by Gasteiger charge is -2.43. The Bertz CT molecular complexity index is 378. The molecule has 0 aromatic carbocycles. The van der Waals surface area contributed by atoms with Crippen molar-refractivity contribution in [3.05, 3.63) is 0 Å². The molecule has 0 bridgehead atoms. The van der Waals surface area contributed by atoms with Crippen LogP contribution in [0, 0.1) is 0 Å². The Morgan fingerprint density at radius 1 is 0.870 bits per heavy atom. The first-order valence-corrected chi connectivity index (χ1v) is 6.83. The maximum absolute atomic E-state index is 10.3. The molecule has 0 aromatic heterocycles. The van der Waals surface area contributed by atoms with Crippen LogP contribution in [0.25, 0.3) is 0 Å². The fourth-order valence-corrected chi connectivity index (χ4v) is 2.29. The maximum atomic E-state index is 10.3. The van der Waals surface area contributed by atoms with Crippen molar-refractivity contribution < 1.29 is 55.5 Å². The van der Waals surface area contributed by atoms with Gasteiger partial charge in [0.25, 0.3) is 0 Å². The van der Waals surface area contributed by atoms with Crippen molar-refractivity contribution in [3.63, 3.8) is 0 Å². The molecule has 10 atom stereocenters.